The molecule has 9 N–H and O–H groups in total. The lowest BCUT2D eigenvalue weighted by Gasteiger charge is -2.51. The number of aliphatic hydroxyl groups excluding tert-OH is 9. The van der Waals surface area contributed by atoms with E-state index < -0.39 is 111 Å². The lowest BCUT2D eigenvalue weighted by Crippen LogP contribution is -2.68. The summed E-state index contributed by atoms with van der Waals surface area (Å²) in [5, 5.41) is 92.7. The maximum Gasteiger partial charge on any atom is 0.187 e. The van der Waals surface area contributed by atoms with Crippen molar-refractivity contribution in [3.8, 4) is 0 Å². The van der Waals surface area contributed by atoms with Gasteiger partial charge in [0.25, 0.3) is 0 Å². The first-order valence-electron chi connectivity index (χ1n) is 12.5. The molecular weight excluding hydrogens is 500 g/mol. The summed E-state index contributed by atoms with van der Waals surface area (Å²) in [5.41, 5.74) is -0.677. The fourth-order valence-corrected chi connectivity index (χ4v) is 4.97. The Balaban J connectivity index is 1.92. The summed E-state index contributed by atoms with van der Waals surface area (Å²) >= 11 is 0. The summed E-state index contributed by atoms with van der Waals surface area (Å²) in [5.74, 6) is 0. The van der Waals surface area contributed by atoms with Crippen LogP contribution in [0, 0.1) is 5.41 Å². The predicted molar refractivity (Wildman–Crippen MR) is 122 cm³/mol. The van der Waals surface area contributed by atoms with Crippen LogP contribution in [-0.2, 0) is 23.7 Å². The van der Waals surface area contributed by atoms with E-state index in [1.807, 2.05) is 0 Å². The Morgan fingerprint density at radius 2 is 1.03 bits per heavy atom. The summed E-state index contributed by atoms with van der Waals surface area (Å²) in [7, 11) is 0. The number of ether oxygens (including phenoxy) is 5. The summed E-state index contributed by atoms with van der Waals surface area (Å²) in [6, 6.07) is 0. The van der Waals surface area contributed by atoms with Crippen molar-refractivity contribution >= 4 is 0 Å². The molecule has 0 amide bonds. The highest BCUT2D eigenvalue weighted by molar-refractivity contribution is 5.00. The number of hydrogen-bond acceptors (Lipinski definition) is 14. The minimum atomic E-state index is -1.79. The molecule has 0 aromatic heterocycles. The van der Waals surface area contributed by atoms with Crippen LogP contribution < -0.4 is 0 Å². The van der Waals surface area contributed by atoms with Gasteiger partial charge in [-0.3, -0.25) is 0 Å². The van der Waals surface area contributed by atoms with Crippen LogP contribution in [0.1, 0.15) is 34.1 Å². The molecule has 14 nitrogen and oxygen atoms in total. The molecule has 0 aliphatic carbocycles. The Morgan fingerprint density at radius 1 is 0.568 bits per heavy atom. The fourth-order valence-electron chi connectivity index (χ4n) is 4.97. The van der Waals surface area contributed by atoms with E-state index in [0.29, 0.717) is 0 Å². The molecule has 0 aromatic carbocycles. The van der Waals surface area contributed by atoms with Crippen molar-refractivity contribution in [2.45, 2.75) is 126 Å². The second-order valence-electron chi connectivity index (χ2n) is 11.0. The molecule has 0 radical (unpaired) electrons. The molecule has 3 fully saturated rings. The van der Waals surface area contributed by atoms with Gasteiger partial charge in [0.15, 0.2) is 12.6 Å². The predicted octanol–water partition coefficient (Wildman–Crippen LogP) is -4.06. The Labute approximate surface area is 214 Å². The van der Waals surface area contributed by atoms with E-state index in [0.717, 1.165) is 0 Å². The molecular formula is C23H42O14. The average Bonchev–Trinajstić information content (AvgIpc) is 2.85. The summed E-state index contributed by atoms with van der Waals surface area (Å²) < 4.78 is 28.8. The van der Waals surface area contributed by atoms with Crippen LogP contribution in [0.4, 0.5) is 0 Å². The normalized spacial score (nSPS) is 49.7. The number of rotatable bonds is 7. The highest BCUT2D eigenvalue weighted by Gasteiger charge is 2.55. The smallest absolute Gasteiger partial charge is 0.187 e. The molecule has 1 unspecified atom stereocenters. The molecule has 218 valence electrons. The van der Waals surface area contributed by atoms with Crippen LogP contribution in [0.25, 0.3) is 0 Å². The van der Waals surface area contributed by atoms with Gasteiger partial charge in [0.2, 0.25) is 0 Å². The lowest BCUT2D eigenvalue weighted by molar-refractivity contribution is -0.374. The standard InChI is InChI=1S/C23H42O14/c1-5-8-11(26)13(28)15(30)21(34-8)36-18-10(7-25)33-20(23(2,3)4)17(32)19(18)37-22-16(31)14(29)12(27)9(6-24)35-22/h8-22,24-32H,5-7H2,1-4H3/t8-,9-,10-,11-,12-,13+,14+,15-,16-,17-,18-,19-,20?,21+,22+/m1/s1. The van der Waals surface area contributed by atoms with Gasteiger partial charge in [-0.1, -0.05) is 27.7 Å². The zero-order valence-electron chi connectivity index (χ0n) is 21.3. The highest BCUT2D eigenvalue weighted by atomic mass is 16.7. The zero-order chi connectivity index (χ0) is 27.8. The van der Waals surface area contributed by atoms with E-state index in [1.54, 1.807) is 27.7 Å². The fraction of sp³-hybridized carbons (Fsp3) is 1.00. The molecule has 3 heterocycles. The topological polar surface area (TPSA) is 228 Å². The van der Waals surface area contributed by atoms with Crippen LogP contribution in [0.5, 0.6) is 0 Å². The summed E-state index contributed by atoms with van der Waals surface area (Å²) in [6.45, 7) is 5.70. The van der Waals surface area contributed by atoms with Gasteiger partial charge in [-0.25, -0.2) is 0 Å². The van der Waals surface area contributed by atoms with Crippen molar-refractivity contribution in [3.05, 3.63) is 0 Å². The number of hydrogen-bond donors (Lipinski definition) is 9. The minimum Gasteiger partial charge on any atom is -0.394 e. The van der Waals surface area contributed by atoms with Gasteiger partial charge in [0.1, 0.15) is 67.1 Å². The first-order chi connectivity index (χ1) is 17.3. The molecule has 3 aliphatic heterocycles. The third-order valence-electron chi connectivity index (χ3n) is 7.19. The second-order valence-corrected chi connectivity index (χ2v) is 11.0. The van der Waals surface area contributed by atoms with Crippen molar-refractivity contribution in [2.75, 3.05) is 13.2 Å². The first-order valence-corrected chi connectivity index (χ1v) is 12.5. The van der Waals surface area contributed by atoms with E-state index in [-0.39, 0.29) is 6.42 Å². The van der Waals surface area contributed by atoms with Crippen molar-refractivity contribution in [3.63, 3.8) is 0 Å². The largest absolute Gasteiger partial charge is 0.394 e. The van der Waals surface area contributed by atoms with Crippen molar-refractivity contribution in [1.29, 1.82) is 0 Å². The van der Waals surface area contributed by atoms with E-state index in [2.05, 4.69) is 0 Å². The Hall–Kier alpha value is -0.560. The molecule has 14 heteroatoms. The molecule has 3 saturated heterocycles. The van der Waals surface area contributed by atoms with Gasteiger partial charge in [0, 0.05) is 0 Å². The number of aliphatic hydroxyl groups is 9. The molecule has 0 aromatic rings. The average molecular weight is 543 g/mol. The van der Waals surface area contributed by atoms with Crippen LogP contribution >= 0.6 is 0 Å². The van der Waals surface area contributed by atoms with Crippen LogP contribution in [-0.4, -0.2) is 151 Å². The van der Waals surface area contributed by atoms with Gasteiger partial charge in [-0.05, 0) is 11.8 Å². The summed E-state index contributed by atoms with van der Waals surface area (Å²) in [6.07, 6.45) is -21.3. The van der Waals surface area contributed by atoms with Crippen LogP contribution in [0.3, 0.4) is 0 Å². The SMILES string of the molecule is CC[C@H]1O[C@@H](O[C@H]2[C@H](O[C@@H]3O[C@H](CO)[C@@H](O)[C@H](O)[C@H]3O)[C@@H](O)C(C(C)(C)C)O[C@@H]2CO)[C@H](O)[C@@H](O)[C@@H]1O. The molecule has 3 aliphatic rings. The molecule has 37 heavy (non-hydrogen) atoms. The van der Waals surface area contributed by atoms with Gasteiger partial charge < -0.3 is 69.6 Å². The van der Waals surface area contributed by atoms with E-state index in [9.17, 15) is 46.0 Å². The highest BCUT2D eigenvalue weighted by Crippen LogP contribution is 2.38. The van der Waals surface area contributed by atoms with Gasteiger partial charge >= 0.3 is 0 Å². The lowest BCUT2D eigenvalue weighted by atomic mass is 9.80. The maximum atomic E-state index is 11.3. The Kier molecular flexibility index (Phi) is 10.3. The van der Waals surface area contributed by atoms with Crippen molar-refractivity contribution < 1.29 is 69.6 Å². The minimum absolute atomic E-state index is 0.273. The van der Waals surface area contributed by atoms with Crippen molar-refractivity contribution in [1.82, 2.24) is 0 Å². The molecule has 3 rings (SSSR count). The Bertz CT molecular complexity index is 716. The molecule has 0 bridgehead atoms. The monoisotopic (exact) mass is 542 g/mol. The maximum absolute atomic E-state index is 11.3. The van der Waals surface area contributed by atoms with E-state index >= 15 is 0 Å². The zero-order valence-corrected chi connectivity index (χ0v) is 21.3. The third-order valence-corrected chi connectivity index (χ3v) is 7.19. The second kappa shape index (κ2) is 12.3. The van der Waals surface area contributed by atoms with E-state index in [4.69, 9.17) is 23.7 Å². The summed E-state index contributed by atoms with van der Waals surface area (Å²) in [4.78, 5) is 0. The molecule has 15 atom stereocenters. The first kappa shape index (κ1) is 31.0. The quantitative estimate of drug-likeness (QED) is 0.149. The molecule has 0 spiro atoms. The van der Waals surface area contributed by atoms with Crippen LogP contribution in [0.2, 0.25) is 0 Å². The Morgan fingerprint density at radius 3 is 1.49 bits per heavy atom. The van der Waals surface area contributed by atoms with Gasteiger partial charge in [-0.2, -0.15) is 0 Å². The van der Waals surface area contributed by atoms with Crippen LogP contribution in [0.15, 0.2) is 0 Å². The third kappa shape index (κ3) is 6.28. The van der Waals surface area contributed by atoms with Gasteiger partial charge in [-0.15, -0.1) is 0 Å². The molecule has 0 saturated carbocycles. The van der Waals surface area contributed by atoms with Gasteiger partial charge in [0.05, 0.1) is 25.4 Å². The van der Waals surface area contributed by atoms with Crippen molar-refractivity contribution in [2.24, 2.45) is 5.41 Å². The van der Waals surface area contributed by atoms with E-state index in [1.165, 1.54) is 0 Å².